The molecule has 1 aliphatic rings. The van der Waals surface area contributed by atoms with E-state index in [9.17, 15) is 9.18 Å². The molecule has 0 fully saturated rings. The normalized spacial score (nSPS) is 18.0. The summed E-state index contributed by atoms with van der Waals surface area (Å²) in [4.78, 5) is 12.1. The summed E-state index contributed by atoms with van der Waals surface area (Å²) in [5.74, 6) is 0.747. The monoisotopic (exact) mass is 308 g/mol. The lowest BCUT2D eigenvalue weighted by molar-refractivity contribution is 0.0915. The molecular weight excluding hydrogens is 287 g/mol. The molecule has 120 valence electrons. The lowest BCUT2D eigenvalue weighted by atomic mass is 10.1. The molecule has 0 bridgehead atoms. The minimum absolute atomic E-state index is 0.0614. The molecular formula is C16H21FN2O3. The van der Waals surface area contributed by atoms with Crippen molar-refractivity contribution < 1.29 is 18.7 Å². The molecule has 1 amide bonds. The summed E-state index contributed by atoms with van der Waals surface area (Å²) in [6.45, 7) is 5.94. The maximum Gasteiger partial charge on any atom is 0.251 e. The molecule has 3 N–H and O–H groups in total. The van der Waals surface area contributed by atoms with Crippen LogP contribution in [0.15, 0.2) is 30.1 Å². The SMILES string of the molecule is CC(C)(C)NC(=O)c1ccc2c(c1)OCC(/C(=C/F)CN)O2. The van der Waals surface area contributed by atoms with Crippen LogP contribution >= 0.6 is 0 Å². The fourth-order valence-electron chi connectivity index (χ4n) is 2.05. The topological polar surface area (TPSA) is 73.6 Å². The molecule has 1 unspecified atom stereocenters. The molecule has 0 aliphatic carbocycles. The highest BCUT2D eigenvalue weighted by Gasteiger charge is 2.25. The number of benzene rings is 1. The fourth-order valence-corrected chi connectivity index (χ4v) is 2.05. The largest absolute Gasteiger partial charge is 0.485 e. The molecule has 2 rings (SSSR count). The Morgan fingerprint density at radius 3 is 2.77 bits per heavy atom. The predicted molar refractivity (Wildman–Crippen MR) is 81.8 cm³/mol. The number of ether oxygens (including phenoxy) is 2. The number of fused-ring (bicyclic) bond motifs is 1. The van der Waals surface area contributed by atoms with E-state index < -0.39 is 6.10 Å². The number of halogens is 1. The second-order valence-electron chi connectivity index (χ2n) is 6.17. The molecule has 1 aromatic carbocycles. The molecule has 1 atom stereocenters. The molecule has 0 aromatic heterocycles. The van der Waals surface area contributed by atoms with E-state index in [2.05, 4.69) is 5.32 Å². The van der Waals surface area contributed by atoms with E-state index in [4.69, 9.17) is 15.2 Å². The van der Waals surface area contributed by atoms with Crippen molar-refractivity contribution in [2.75, 3.05) is 13.2 Å². The zero-order valence-corrected chi connectivity index (χ0v) is 13.0. The van der Waals surface area contributed by atoms with E-state index in [0.29, 0.717) is 29.0 Å². The second-order valence-corrected chi connectivity index (χ2v) is 6.17. The van der Waals surface area contributed by atoms with Crippen molar-refractivity contribution in [1.82, 2.24) is 5.32 Å². The van der Waals surface area contributed by atoms with Crippen molar-refractivity contribution in [1.29, 1.82) is 0 Å². The maximum atomic E-state index is 12.7. The number of nitrogens with two attached hydrogens (primary N) is 1. The molecule has 1 aromatic rings. The highest BCUT2D eigenvalue weighted by Crippen LogP contribution is 2.34. The average Bonchev–Trinajstić information content (AvgIpc) is 2.46. The van der Waals surface area contributed by atoms with E-state index in [1.165, 1.54) is 0 Å². The second kappa shape index (κ2) is 6.36. The van der Waals surface area contributed by atoms with Crippen molar-refractivity contribution in [3.05, 3.63) is 35.7 Å². The first-order valence-corrected chi connectivity index (χ1v) is 7.09. The fraction of sp³-hybridized carbons (Fsp3) is 0.438. The Kier molecular flexibility index (Phi) is 4.71. The maximum absolute atomic E-state index is 12.7. The van der Waals surface area contributed by atoms with E-state index in [-0.39, 0.29) is 24.6 Å². The summed E-state index contributed by atoms with van der Waals surface area (Å²) in [6, 6.07) is 4.91. The number of nitrogens with one attached hydrogen (secondary N) is 1. The van der Waals surface area contributed by atoms with Gasteiger partial charge < -0.3 is 20.5 Å². The van der Waals surface area contributed by atoms with Crippen LogP contribution in [0.1, 0.15) is 31.1 Å². The first-order chi connectivity index (χ1) is 10.3. The first kappa shape index (κ1) is 16.3. The summed E-state index contributed by atoms with van der Waals surface area (Å²) >= 11 is 0. The molecule has 0 spiro atoms. The summed E-state index contributed by atoms with van der Waals surface area (Å²) < 4.78 is 24.0. The number of carbonyl (C=O) groups excluding carboxylic acids is 1. The van der Waals surface area contributed by atoms with Crippen LogP contribution in [0.25, 0.3) is 0 Å². The number of amides is 1. The van der Waals surface area contributed by atoms with Gasteiger partial charge in [0.1, 0.15) is 6.61 Å². The van der Waals surface area contributed by atoms with Crippen LogP contribution in [0.2, 0.25) is 0 Å². The highest BCUT2D eigenvalue weighted by atomic mass is 19.1. The molecule has 0 saturated carbocycles. The average molecular weight is 308 g/mol. The van der Waals surface area contributed by atoms with Crippen molar-refractivity contribution in [2.24, 2.45) is 5.73 Å². The standard InChI is InChI=1S/C16H21FN2O3/c1-16(2,3)19-15(20)10-4-5-12-13(6-10)21-9-14(22-12)11(7-17)8-18/h4-7,14H,8-9,18H2,1-3H3,(H,19,20)/b11-7+. The number of carbonyl (C=O) groups is 1. The van der Waals surface area contributed by atoms with E-state index >= 15 is 0 Å². The molecule has 0 radical (unpaired) electrons. The van der Waals surface area contributed by atoms with E-state index in [1.807, 2.05) is 20.8 Å². The highest BCUT2D eigenvalue weighted by molar-refractivity contribution is 5.95. The van der Waals surface area contributed by atoms with Crippen molar-refractivity contribution >= 4 is 5.91 Å². The Morgan fingerprint density at radius 2 is 2.18 bits per heavy atom. The van der Waals surface area contributed by atoms with Crippen LogP contribution in [-0.2, 0) is 0 Å². The van der Waals surface area contributed by atoms with Gasteiger partial charge in [-0.1, -0.05) is 0 Å². The van der Waals surface area contributed by atoms with Gasteiger partial charge in [0.2, 0.25) is 0 Å². The molecule has 5 nitrogen and oxygen atoms in total. The van der Waals surface area contributed by atoms with Crippen molar-refractivity contribution in [2.45, 2.75) is 32.4 Å². The van der Waals surface area contributed by atoms with Gasteiger partial charge in [-0.05, 0) is 39.0 Å². The number of hydrogen-bond donors (Lipinski definition) is 2. The van der Waals surface area contributed by atoms with E-state index in [0.717, 1.165) is 0 Å². The lowest BCUT2D eigenvalue weighted by Crippen LogP contribution is -2.40. The smallest absolute Gasteiger partial charge is 0.251 e. The third-order valence-electron chi connectivity index (χ3n) is 3.14. The van der Waals surface area contributed by atoms with Crippen LogP contribution in [-0.4, -0.2) is 30.7 Å². The Balaban J connectivity index is 2.16. The van der Waals surface area contributed by atoms with Gasteiger partial charge in [-0.15, -0.1) is 0 Å². The minimum Gasteiger partial charge on any atom is -0.485 e. The Morgan fingerprint density at radius 1 is 1.45 bits per heavy atom. The van der Waals surface area contributed by atoms with Gasteiger partial charge in [0.25, 0.3) is 5.91 Å². The van der Waals surface area contributed by atoms with Crippen molar-refractivity contribution in [3.63, 3.8) is 0 Å². The zero-order chi connectivity index (χ0) is 16.3. The van der Waals surface area contributed by atoms with Gasteiger partial charge in [0.15, 0.2) is 17.6 Å². The zero-order valence-electron chi connectivity index (χ0n) is 13.0. The number of hydrogen-bond acceptors (Lipinski definition) is 4. The first-order valence-electron chi connectivity index (χ1n) is 7.09. The molecule has 1 heterocycles. The quantitative estimate of drug-likeness (QED) is 0.897. The van der Waals surface area contributed by atoms with Crippen molar-refractivity contribution in [3.8, 4) is 11.5 Å². The molecule has 6 heteroatoms. The van der Waals surface area contributed by atoms with Gasteiger partial charge in [-0.3, -0.25) is 4.79 Å². The van der Waals surface area contributed by atoms with Gasteiger partial charge in [0.05, 0.1) is 6.33 Å². The van der Waals surface area contributed by atoms with E-state index in [1.54, 1.807) is 18.2 Å². The summed E-state index contributed by atoms with van der Waals surface area (Å²) in [6.07, 6.45) is -0.0961. The van der Waals surface area contributed by atoms with Gasteiger partial charge in [0, 0.05) is 23.2 Å². The third kappa shape index (κ3) is 3.76. The Hall–Kier alpha value is -2.08. The minimum atomic E-state index is -0.545. The van der Waals surface area contributed by atoms with Crippen LogP contribution < -0.4 is 20.5 Å². The summed E-state index contributed by atoms with van der Waals surface area (Å²) in [7, 11) is 0. The third-order valence-corrected chi connectivity index (χ3v) is 3.14. The van der Waals surface area contributed by atoms with Gasteiger partial charge in [-0.2, -0.15) is 0 Å². The summed E-state index contributed by atoms with van der Waals surface area (Å²) in [5.41, 5.74) is 5.95. The van der Waals surface area contributed by atoms with Crippen LogP contribution in [0, 0.1) is 0 Å². The lowest BCUT2D eigenvalue weighted by Gasteiger charge is -2.28. The molecule has 1 aliphatic heterocycles. The van der Waals surface area contributed by atoms with Gasteiger partial charge >= 0.3 is 0 Å². The van der Waals surface area contributed by atoms with Crippen LogP contribution in [0.3, 0.4) is 0 Å². The molecule has 22 heavy (non-hydrogen) atoms. The molecule has 0 saturated heterocycles. The predicted octanol–water partition coefficient (Wildman–Crippen LogP) is 2.17. The Labute approximate surface area is 129 Å². The summed E-state index contributed by atoms with van der Waals surface area (Å²) in [5, 5.41) is 2.88. The van der Waals surface area contributed by atoms with Gasteiger partial charge in [-0.25, -0.2) is 4.39 Å². The number of rotatable bonds is 3. The van der Waals surface area contributed by atoms with Crippen LogP contribution in [0.5, 0.6) is 11.5 Å². The Bertz CT molecular complexity index is 594. The van der Waals surface area contributed by atoms with Crippen LogP contribution in [0.4, 0.5) is 4.39 Å².